The van der Waals surface area contributed by atoms with Crippen LogP contribution in [0.5, 0.6) is 0 Å². The minimum atomic E-state index is -4.73. The van der Waals surface area contributed by atoms with E-state index in [-0.39, 0.29) is 19.4 Å². The predicted octanol–water partition coefficient (Wildman–Crippen LogP) is 11.6. The van der Waals surface area contributed by atoms with Crippen LogP contribution >= 0.6 is 7.82 Å². The van der Waals surface area contributed by atoms with Gasteiger partial charge in [-0.15, -0.1) is 0 Å². The van der Waals surface area contributed by atoms with E-state index in [1.165, 1.54) is 83.5 Å². The van der Waals surface area contributed by atoms with Gasteiger partial charge in [0.15, 0.2) is 6.10 Å². The first kappa shape index (κ1) is 54.2. The first-order valence-electron chi connectivity index (χ1n) is 21.9. The summed E-state index contributed by atoms with van der Waals surface area (Å²) >= 11 is 0. The van der Waals surface area contributed by atoms with Crippen LogP contribution in [0.25, 0.3) is 0 Å². The van der Waals surface area contributed by atoms with Crippen LogP contribution in [0.2, 0.25) is 0 Å². The molecule has 57 heavy (non-hydrogen) atoms. The van der Waals surface area contributed by atoms with Crippen LogP contribution in [0.1, 0.15) is 174 Å². The minimum absolute atomic E-state index is 0.112. The summed E-state index contributed by atoms with van der Waals surface area (Å²) in [6, 6.07) is -1.53. The van der Waals surface area contributed by atoms with E-state index in [1.807, 2.05) is 36.5 Å². The highest BCUT2D eigenvalue weighted by atomic mass is 31.2. The van der Waals surface area contributed by atoms with Crippen molar-refractivity contribution in [2.24, 2.45) is 5.73 Å². The molecule has 2 unspecified atom stereocenters. The number of carboxylic acids is 1. The molecule has 0 bridgehead atoms. The average Bonchev–Trinajstić information content (AvgIpc) is 3.19. The van der Waals surface area contributed by atoms with Crippen LogP contribution in [0.4, 0.5) is 0 Å². The number of nitrogens with two attached hydrogens (primary N) is 1. The average molecular weight is 824 g/mol. The Morgan fingerprint density at radius 3 is 1.54 bits per heavy atom. The Labute approximate surface area is 345 Å². The van der Waals surface area contributed by atoms with Crippen LogP contribution in [0, 0.1) is 0 Å². The fourth-order valence-electron chi connectivity index (χ4n) is 5.66. The van der Waals surface area contributed by atoms with E-state index < -0.39 is 51.1 Å². The lowest BCUT2D eigenvalue weighted by Gasteiger charge is -2.20. The second kappa shape index (κ2) is 40.0. The fourth-order valence-corrected chi connectivity index (χ4v) is 6.44. The number of carbonyl (C=O) groups excluding carboxylic acids is 2. The molecule has 0 aliphatic carbocycles. The maximum atomic E-state index is 12.6. The van der Waals surface area contributed by atoms with E-state index in [1.54, 1.807) is 0 Å². The molecule has 0 aliphatic heterocycles. The third kappa shape index (κ3) is 39.8. The third-order valence-corrected chi connectivity index (χ3v) is 10.0. The Morgan fingerprint density at radius 2 is 1.00 bits per heavy atom. The normalized spacial score (nSPS) is 14.3. The molecule has 0 amide bonds. The lowest BCUT2D eigenvalue weighted by atomic mass is 10.1. The maximum Gasteiger partial charge on any atom is 0.472 e. The number of phosphoric ester groups is 1. The van der Waals surface area contributed by atoms with E-state index in [0.717, 1.165) is 51.4 Å². The number of carboxylic acid groups (broad SMARTS) is 1. The van der Waals surface area contributed by atoms with Crippen molar-refractivity contribution < 1.29 is 47.5 Å². The van der Waals surface area contributed by atoms with Gasteiger partial charge in [0.1, 0.15) is 12.6 Å². The number of carbonyl (C=O) groups is 3. The van der Waals surface area contributed by atoms with Crippen LogP contribution in [0.3, 0.4) is 0 Å². The largest absolute Gasteiger partial charge is 0.480 e. The zero-order valence-electron chi connectivity index (χ0n) is 35.4. The molecule has 0 aromatic rings. The van der Waals surface area contributed by atoms with Gasteiger partial charge >= 0.3 is 25.7 Å². The Hall–Kier alpha value is -2.82. The highest BCUT2D eigenvalue weighted by molar-refractivity contribution is 7.47. The van der Waals surface area contributed by atoms with Crippen molar-refractivity contribution in [3.8, 4) is 0 Å². The van der Waals surface area contributed by atoms with Crippen molar-refractivity contribution in [1.29, 1.82) is 0 Å². The topological polar surface area (TPSA) is 172 Å². The quantitative estimate of drug-likeness (QED) is 0.0176. The Morgan fingerprint density at radius 1 is 0.561 bits per heavy atom. The molecular formula is C45H78NO10P. The number of phosphoric acid groups is 1. The van der Waals surface area contributed by atoms with Crippen molar-refractivity contribution >= 4 is 25.7 Å². The number of esters is 2. The number of unbranched alkanes of at least 4 members (excludes halogenated alkanes) is 19. The molecule has 0 aromatic carbocycles. The second-order valence-corrected chi connectivity index (χ2v) is 16.0. The number of aliphatic carboxylic acids is 1. The highest BCUT2D eigenvalue weighted by Crippen LogP contribution is 2.43. The standard InChI is InChI=1S/C45H78NO10P/c1-3-5-7-9-11-13-15-17-18-19-20-21-22-23-25-26-28-30-32-34-36-43(47)53-38-41(39-54-57(51,52)55-40-42(46)45(49)50)56-44(48)37-35-33-31-29-27-24-16-14-12-10-8-6-4-2/h6,8,10,12,14,16,20-21,24,27,41-42H,3-5,7,9,11,13,15,17-19,22-23,25-26,28-40,46H2,1-2H3,(H,49,50)(H,51,52)/b8-6+,12-10+,16-14+,21-20+,27-24+/t41?,42-/m1/s1. The minimum Gasteiger partial charge on any atom is -0.480 e. The predicted molar refractivity (Wildman–Crippen MR) is 231 cm³/mol. The van der Waals surface area contributed by atoms with Crippen LogP contribution in [-0.4, -0.2) is 59.9 Å². The van der Waals surface area contributed by atoms with Crippen molar-refractivity contribution in [3.63, 3.8) is 0 Å². The van der Waals surface area contributed by atoms with Crippen LogP contribution < -0.4 is 5.73 Å². The van der Waals surface area contributed by atoms with E-state index in [4.69, 9.17) is 24.8 Å². The van der Waals surface area contributed by atoms with Crippen LogP contribution in [0.15, 0.2) is 60.8 Å². The smallest absolute Gasteiger partial charge is 0.472 e. The maximum absolute atomic E-state index is 12.6. The van der Waals surface area contributed by atoms with Gasteiger partial charge in [-0.05, 0) is 57.8 Å². The lowest BCUT2D eigenvalue weighted by molar-refractivity contribution is -0.161. The molecule has 0 rings (SSSR count). The monoisotopic (exact) mass is 824 g/mol. The van der Waals surface area contributed by atoms with Gasteiger partial charge in [-0.2, -0.15) is 0 Å². The van der Waals surface area contributed by atoms with Crippen molar-refractivity contribution in [2.75, 3.05) is 19.8 Å². The highest BCUT2D eigenvalue weighted by Gasteiger charge is 2.28. The molecule has 0 fully saturated rings. The molecule has 0 spiro atoms. The van der Waals surface area contributed by atoms with Gasteiger partial charge in [-0.1, -0.05) is 164 Å². The van der Waals surface area contributed by atoms with Crippen molar-refractivity contribution in [1.82, 2.24) is 0 Å². The molecule has 0 aromatic heterocycles. The molecule has 11 nitrogen and oxygen atoms in total. The van der Waals surface area contributed by atoms with Crippen molar-refractivity contribution in [3.05, 3.63) is 60.8 Å². The third-order valence-electron chi connectivity index (χ3n) is 9.09. The molecule has 4 N–H and O–H groups in total. The van der Waals surface area contributed by atoms with Gasteiger partial charge in [0.25, 0.3) is 0 Å². The summed E-state index contributed by atoms with van der Waals surface area (Å²) in [5.74, 6) is -2.44. The Kier molecular flexibility index (Phi) is 38.0. The summed E-state index contributed by atoms with van der Waals surface area (Å²) in [4.78, 5) is 45.9. The number of ether oxygens (including phenoxy) is 2. The number of hydrogen-bond donors (Lipinski definition) is 3. The summed E-state index contributed by atoms with van der Waals surface area (Å²) < 4.78 is 32.6. The molecule has 0 saturated carbocycles. The number of hydrogen-bond acceptors (Lipinski definition) is 9. The number of allylic oxidation sites excluding steroid dienone is 10. The van der Waals surface area contributed by atoms with Gasteiger partial charge in [0.2, 0.25) is 0 Å². The lowest BCUT2D eigenvalue weighted by Crippen LogP contribution is -2.34. The summed E-state index contributed by atoms with van der Waals surface area (Å²) in [6.07, 6.45) is 45.8. The van der Waals surface area contributed by atoms with E-state index in [9.17, 15) is 23.8 Å². The molecule has 3 atom stereocenters. The molecule has 0 saturated heterocycles. The summed E-state index contributed by atoms with van der Waals surface area (Å²) in [5, 5.41) is 8.88. The van der Waals surface area contributed by atoms with E-state index in [2.05, 4.69) is 42.7 Å². The van der Waals surface area contributed by atoms with E-state index in [0.29, 0.717) is 12.8 Å². The summed E-state index contributed by atoms with van der Waals surface area (Å²) in [5.41, 5.74) is 5.33. The van der Waals surface area contributed by atoms with Crippen molar-refractivity contribution in [2.45, 2.75) is 187 Å². The fraction of sp³-hybridized carbons (Fsp3) is 0.711. The van der Waals surface area contributed by atoms with Gasteiger partial charge in [-0.25, -0.2) is 4.57 Å². The zero-order valence-corrected chi connectivity index (χ0v) is 36.3. The molecular weight excluding hydrogens is 745 g/mol. The van der Waals surface area contributed by atoms with Gasteiger partial charge in [0, 0.05) is 12.8 Å². The van der Waals surface area contributed by atoms with Crippen LogP contribution in [-0.2, 0) is 37.5 Å². The first-order chi connectivity index (χ1) is 27.6. The molecule has 328 valence electrons. The van der Waals surface area contributed by atoms with E-state index >= 15 is 0 Å². The van der Waals surface area contributed by atoms with Gasteiger partial charge < -0.3 is 25.2 Å². The molecule has 0 radical (unpaired) electrons. The summed E-state index contributed by atoms with van der Waals surface area (Å²) in [7, 11) is -4.73. The summed E-state index contributed by atoms with van der Waals surface area (Å²) in [6.45, 7) is 2.61. The number of rotatable bonds is 40. The molecule has 12 heteroatoms. The Balaban J connectivity index is 4.36. The SMILES string of the molecule is CC/C=C/C=C/C=C/C=C/CCCCCC(=O)OC(COC(=O)CCCCCCCCC/C=C/CCCCCCCCCCC)COP(=O)(O)OC[C@@H](N)C(=O)O. The molecule has 0 aliphatic rings. The van der Waals surface area contributed by atoms with Gasteiger partial charge in [-0.3, -0.25) is 23.4 Å². The second-order valence-electron chi connectivity index (χ2n) is 14.5. The van der Waals surface area contributed by atoms with Gasteiger partial charge in [0.05, 0.1) is 13.2 Å². The molecule has 0 heterocycles. The first-order valence-corrected chi connectivity index (χ1v) is 23.4. The zero-order chi connectivity index (χ0) is 42.1. The Bertz CT molecular complexity index is 1200.